The van der Waals surface area contributed by atoms with Gasteiger partial charge in [0.05, 0.1) is 21.8 Å². The minimum absolute atomic E-state index is 0.161. The molecule has 1 aromatic carbocycles. The molecule has 0 unspecified atom stereocenters. The van der Waals surface area contributed by atoms with Crippen molar-refractivity contribution in [3.63, 3.8) is 0 Å². The molecule has 0 aliphatic rings. The van der Waals surface area contributed by atoms with Crippen molar-refractivity contribution in [2.24, 2.45) is 0 Å². The lowest BCUT2D eigenvalue weighted by molar-refractivity contribution is -0.115. The third-order valence-electron chi connectivity index (χ3n) is 3.81. The molecule has 1 atom stereocenters. The van der Waals surface area contributed by atoms with E-state index in [-0.39, 0.29) is 16.6 Å². The number of anilines is 1. The van der Waals surface area contributed by atoms with E-state index in [0.717, 1.165) is 0 Å². The maximum Gasteiger partial charge on any atom is 0.262 e. The predicted molar refractivity (Wildman–Crippen MR) is 109 cm³/mol. The molecule has 0 aliphatic heterocycles. The van der Waals surface area contributed by atoms with Crippen LogP contribution in [-0.2, 0) is 11.3 Å². The molecular formula is C19H17ClN4O2S. The summed E-state index contributed by atoms with van der Waals surface area (Å²) in [5.74, 6) is -0.262. The molecule has 27 heavy (non-hydrogen) atoms. The molecule has 3 aromatic rings. The van der Waals surface area contributed by atoms with Crippen LogP contribution in [0.25, 0.3) is 10.9 Å². The summed E-state index contributed by atoms with van der Waals surface area (Å²) in [6.07, 6.45) is 3.17. The number of hydrogen-bond acceptors (Lipinski definition) is 5. The maximum absolute atomic E-state index is 12.8. The summed E-state index contributed by atoms with van der Waals surface area (Å²) < 4.78 is 1.51. The molecule has 8 heteroatoms. The number of nitrogens with zero attached hydrogens (tertiary/aromatic N) is 3. The van der Waals surface area contributed by atoms with Crippen LogP contribution in [-0.4, -0.2) is 25.7 Å². The van der Waals surface area contributed by atoms with E-state index in [9.17, 15) is 9.59 Å². The number of fused-ring (bicyclic) bond motifs is 1. The summed E-state index contributed by atoms with van der Waals surface area (Å²) in [5.41, 5.74) is 0.866. The summed E-state index contributed by atoms with van der Waals surface area (Å²) in [6.45, 7) is 5.75. The number of halogens is 1. The van der Waals surface area contributed by atoms with Crippen molar-refractivity contribution < 1.29 is 4.79 Å². The van der Waals surface area contributed by atoms with Gasteiger partial charge in [0, 0.05) is 12.7 Å². The Hall–Kier alpha value is -2.64. The molecule has 0 bridgehead atoms. The number of thioether (sulfide) groups is 1. The van der Waals surface area contributed by atoms with Crippen LogP contribution in [0.2, 0.25) is 5.15 Å². The van der Waals surface area contributed by atoms with Gasteiger partial charge in [-0.2, -0.15) is 0 Å². The largest absolute Gasteiger partial charge is 0.322 e. The lowest BCUT2D eigenvalue weighted by Crippen LogP contribution is -2.27. The van der Waals surface area contributed by atoms with E-state index < -0.39 is 5.25 Å². The fourth-order valence-electron chi connectivity index (χ4n) is 2.45. The van der Waals surface area contributed by atoms with Crippen molar-refractivity contribution in [3.05, 3.63) is 70.8 Å². The number of allylic oxidation sites excluding steroid dienone is 1. The Bertz CT molecular complexity index is 1070. The van der Waals surface area contributed by atoms with Crippen LogP contribution in [0.1, 0.15) is 6.92 Å². The molecule has 0 aliphatic carbocycles. The zero-order valence-corrected chi connectivity index (χ0v) is 16.1. The lowest BCUT2D eigenvalue weighted by atomic mass is 10.2. The Morgan fingerprint density at radius 2 is 2.15 bits per heavy atom. The van der Waals surface area contributed by atoms with Gasteiger partial charge >= 0.3 is 0 Å². The fraction of sp³-hybridized carbons (Fsp3) is 0.158. The second kappa shape index (κ2) is 8.37. The molecule has 1 N–H and O–H groups in total. The van der Waals surface area contributed by atoms with E-state index in [4.69, 9.17) is 11.6 Å². The van der Waals surface area contributed by atoms with Crippen LogP contribution in [0, 0.1) is 0 Å². The van der Waals surface area contributed by atoms with Crippen molar-refractivity contribution in [2.75, 3.05) is 5.32 Å². The van der Waals surface area contributed by atoms with Gasteiger partial charge in [-0.1, -0.05) is 41.6 Å². The summed E-state index contributed by atoms with van der Waals surface area (Å²) >= 11 is 7.19. The highest BCUT2D eigenvalue weighted by molar-refractivity contribution is 8.00. The monoisotopic (exact) mass is 400 g/mol. The first-order valence-electron chi connectivity index (χ1n) is 8.19. The quantitative estimate of drug-likeness (QED) is 0.295. The summed E-state index contributed by atoms with van der Waals surface area (Å²) in [5, 5.41) is 3.44. The maximum atomic E-state index is 12.8. The van der Waals surface area contributed by atoms with Crippen LogP contribution in [0.3, 0.4) is 0 Å². The minimum atomic E-state index is -0.509. The number of amides is 1. The molecule has 0 fully saturated rings. The molecule has 2 aromatic heterocycles. The molecule has 1 amide bonds. The summed E-state index contributed by atoms with van der Waals surface area (Å²) in [6, 6.07) is 10.5. The third kappa shape index (κ3) is 4.20. The van der Waals surface area contributed by atoms with Gasteiger partial charge in [-0.3, -0.25) is 14.2 Å². The summed E-state index contributed by atoms with van der Waals surface area (Å²) in [4.78, 5) is 33.8. The van der Waals surface area contributed by atoms with Gasteiger partial charge in [-0.25, -0.2) is 9.97 Å². The second-order valence-electron chi connectivity index (χ2n) is 5.71. The van der Waals surface area contributed by atoms with Crippen LogP contribution in [0.4, 0.5) is 5.69 Å². The van der Waals surface area contributed by atoms with Crippen molar-refractivity contribution in [2.45, 2.75) is 23.9 Å². The first-order valence-corrected chi connectivity index (χ1v) is 9.45. The zero-order valence-electron chi connectivity index (χ0n) is 14.6. The highest BCUT2D eigenvalue weighted by Gasteiger charge is 2.20. The molecule has 138 valence electrons. The Morgan fingerprint density at radius 1 is 1.37 bits per heavy atom. The molecule has 2 heterocycles. The SMILES string of the molecule is C=CCn1c(S[C@@H](C)C(=O)Nc2cccnc2Cl)nc2ccccc2c1=O. The Kier molecular flexibility index (Phi) is 5.93. The molecular weight excluding hydrogens is 384 g/mol. The number of nitrogens with one attached hydrogen (secondary N) is 1. The Balaban J connectivity index is 1.89. The van der Waals surface area contributed by atoms with Crippen molar-refractivity contribution in [1.29, 1.82) is 0 Å². The van der Waals surface area contributed by atoms with E-state index in [0.29, 0.717) is 28.3 Å². The van der Waals surface area contributed by atoms with Gasteiger partial charge in [0.25, 0.3) is 5.56 Å². The van der Waals surface area contributed by atoms with Crippen LogP contribution < -0.4 is 10.9 Å². The van der Waals surface area contributed by atoms with Gasteiger partial charge in [-0.15, -0.1) is 6.58 Å². The fourth-order valence-corrected chi connectivity index (χ4v) is 3.54. The van der Waals surface area contributed by atoms with E-state index in [1.54, 1.807) is 49.5 Å². The van der Waals surface area contributed by atoms with Crippen LogP contribution in [0.15, 0.2) is 65.2 Å². The minimum Gasteiger partial charge on any atom is -0.322 e. The number of pyridine rings is 1. The number of hydrogen-bond donors (Lipinski definition) is 1. The van der Waals surface area contributed by atoms with E-state index >= 15 is 0 Å². The van der Waals surface area contributed by atoms with Crippen LogP contribution in [0.5, 0.6) is 0 Å². The molecule has 0 spiro atoms. The first kappa shape index (κ1) is 19.1. The highest BCUT2D eigenvalue weighted by atomic mass is 35.5. The lowest BCUT2D eigenvalue weighted by Gasteiger charge is -2.15. The number of rotatable bonds is 6. The van der Waals surface area contributed by atoms with Crippen molar-refractivity contribution in [3.8, 4) is 0 Å². The first-order chi connectivity index (χ1) is 13.0. The number of carbonyl (C=O) groups excluding carboxylic acids is 1. The average molecular weight is 401 g/mol. The van der Waals surface area contributed by atoms with Crippen LogP contribution >= 0.6 is 23.4 Å². The average Bonchev–Trinajstić information content (AvgIpc) is 2.66. The van der Waals surface area contributed by atoms with Gasteiger partial charge in [0.15, 0.2) is 10.3 Å². The second-order valence-corrected chi connectivity index (χ2v) is 7.37. The standard InChI is InChI=1S/C19H17ClN4O2S/c1-3-11-24-18(26)13-7-4-5-8-14(13)23-19(24)27-12(2)17(25)22-15-9-6-10-21-16(15)20/h3-10,12H,1,11H2,2H3,(H,22,25)/t12-/m0/s1. The molecule has 6 nitrogen and oxygen atoms in total. The van der Waals surface area contributed by atoms with Gasteiger partial charge in [0.1, 0.15) is 0 Å². The zero-order chi connectivity index (χ0) is 19.4. The number of para-hydroxylation sites is 1. The van der Waals surface area contributed by atoms with E-state index in [1.165, 1.54) is 16.3 Å². The molecule has 0 saturated carbocycles. The number of aromatic nitrogens is 3. The summed E-state index contributed by atoms with van der Waals surface area (Å²) in [7, 11) is 0. The van der Waals surface area contributed by atoms with Gasteiger partial charge in [-0.05, 0) is 31.2 Å². The molecule has 0 saturated heterocycles. The number of benzene rings is 1. The number of carbonyl (C=O) groups is 1. The highest BCUT2D eigenvalue weighted by Crippen LogP contribution is 2.25. The van der Waals surface area contributed by atoms with E-state index in [2.05, 4.69) is 21.9 Å². The van der Waals surface area contributed by atoms with Crippen molar-refractivity contribution in [1.82, 2.24) is 14.5 Å². The predicted octanol–water partition coefficient (Wildman–Crippen LogP) is 3.75. The topological polar surface area (TPSA) is 76.9 Å². The Labute approximate surface area is 165 Å². The Morgan fingerprint density at radius 3 is 2.89 bits per heavy atom. The molecule has 3 rings (SSSR count). The van der Waals surface area contributed by atoms with Crippen molar-refractivity contribution >= 4 is 45.9 Å². The van der Waals surface area contributed by atoms with Gasteiger partial charge in [0.2, 0.25) is 5.91 Å². The van der Waals surface area contributed by atoms with Gasteiger partial charge < -0.3 is 5.32 Å². The molecule has 0 radical (unpaired) electrons. The smallest absolute Gasteiger partial charge is 0.262 e. The van der Waals surface area contributed by atoms with E-state index in [1.807, 2.05) is 6.07 Å². The third-order valence-corrected chi connectivity index (χ3v) is 5.20. The normalized spacial score (nSPS) is 11.9.